The highest BCUT2D eigenvalue weighted by molar-refractivity contribution is 6.08. The summed E-state index contributed by atoms with van der Waals surface area (Å²) in [5, 5.41) is 4.83. The summed E-state index contributed by atoms with van der Waals surface area (Å²) in [6.07, 6.45) is 1.62. The molecular weight excluding hydrogens is 388 g/mol. The standard InChI is InChI=1S/C26H28N2O3/c1-18-9-11-19(12-10-18)16-27-25(29)20-6-5-15-28(17-20)26(30)23-13-14-24(31-2)22-8-4-3-7-21(22)23/h3-4,7-14,20H,5-6,15-17H2,1-2H3,(H,27,29). The topological polar surface area (TPSA) is 58.6 Å². The minimum Gasteiger partial charge on any atom is -0.496 e. The molecule has 4 rings (SSSR count). The average Bonchev–Trinajstić information content (AvgIpc) is 2.82. The number of aryl methyl sites for hydroxylation is 1. The van der Waals surface area contributed by atoms with Crippen LogP contribution in [-0.2, 0) is 11.3 Å². The number of piperidine rings is 1. The van der Waals surface area contributed by atoms with Crippen LogP contribution < -0.4 is 10.1 Å². The van der Waals surface area contributed by atoms with Gasteiger partial charge in [0.2, 0.25) is 5.91 Å². The number of nitrogens with one attached hydrogen (secondary N) is 1. The van der Waals surface area contributed by atoms with Crippen LogP contribution in [0.1, 0.15) is 34.3 Å². The molecule has 1 heterocycles. The molecule has 31 heavy (non-hydrogen) atoms. The Morgan fingerprint density at radius 1 is 1.03 bits per heavy atom. The first-order valence-corrected chi connectivity index (χ1v) is 10.7. The maximum absolute atomic E-state index is 13.3. The van der Waals surface area contributed by atoms with E-state index in [9.17, 15) is 9.59 Å². The Labute approximate surface area is 183 Å². The summed E-state index contributed by atoms with van der Waals surface area (Å²) >= 11 is 0. The fourth-order valence-corrected chi connectivity index (χ4v) is 4.22. The second kappa shape index (κ2) is 9.21. The number of nitrogens with zero attached hydrogens (tertiary/aromatic N) is 1. The van der Waals surface area contributed by atoms with E-state index in [0.717, 1.165) is 34.9 Å². The monoisotopic (exact) mass is 416 g/mol. The summed E-state index contributed by atoms with van der Waals surface area (Å²) in [5.74, 6) is 0.541. The van der Waals surface area contributed by atoms with Crippen molar-refractivity contribution < 1.29 is 14.3 Å². The third kappa shape index (κ3) is 4.55. The molecule has 1 unspecified atom stereocenters. The highest BCUT2D eigenvalue weighted by Gasteiger charge is 2.29. The van der Waals surface area contributed by atoms with Crippen LogP contribution in [0.25, 0.3) is 10.8 Å². The number of carbonyl (C=O) groups excluding carboxylic acids is 2. The third-order valence-electron chi connectivity index (χ3n) is 6.00. The number of likely N-dealkylation sites (tertiary alicyclic amines) is 1. The smallest absolute Gasteiger partial charge is 0.254 e. The molecule has 1 aliphatic heterocycles. The third-order valence-corrected chi connectivity index (χ3v) is 6.00. The van der Waals surface area contributed by atoms with Gasteiger partial charge in [0.25, 0.3) is 5.91 Å². The molecule has 3 aromatic carbocycles. The van der Waals surface area contributed by atoms with Crippen LogP contribution in [-0.4, -0.2) is 36.9 Å². The largest absolute Gasteiger partial charge is 0.496 e. The second-order valence-electron chi connectivity index (χ2n) is 8.15. The maximum atomic E-state index is 13.3. The first kappa shape index (κ1) is 20.9. The van der Waals surface area contributed by atoms with Gasteiger partial charge >= 0.3 is 0 Å². The number of ether oxygens (including phenoxy) is 1. The first-order valence-electron chi connectivity index (χ1n) is 10.7. The Morgan fingerprint density at radius 2 is 1.77 bits per heavy atom. The lowest BCUT2D eigenvalue weighted by Gasteiger charge is -2.32. The van der Waals surface area contributed by atoms with Crippen molar-refractivity contribution in [2.24, 2.45) is 5.92 Å². The minimum absolute atomic E-state index is 0.0117. The van der Waals surface area contributed by atoms with E-state index in [1.54, 1.807) is 7.11 Å². The molecule has 0 radical (unpaired) electrons. The van der Waals surface area contributed by atoms with Gasteiger partial charge in [0.15, 0.2) is 0 Å². The van der Waals surface area contributed by atoms with Gasteiger partial charge in [-0.1, -0.05) is 54.1 Å². The summed E-state index contributed by atoms with van der Waals surface area (Å²) in [7, 11) is 1.63. The fourth-order valence-electron chi connectivity index (χ4n) is 4.22. The first-order chi connectivity index (χ1) is 15.1. The van der Waals surface area contributed by atoms with Gasteiger partial charge in [-0.2, -0.15) is 0 Å². The van der Waals surface area contributed by atoms with Gasteiger partial charge in [-0.3, -0.25) is 9.59 Å². The van der Waals surface area contributed by atoms with Crippen molar-refractivity contribution >= 4 is 22.6 Å². The maximum Gasteiger partial charge on any atom is 0.254 e. The highest BCUT2D eigenvalue weighted by atomic mass is 16.5. The van der Waals surface area contributed by atoms with Crippen LogP contribution in [0.4, 0.5) is 0 Å². The van der Waals surface area contributed by atoms with Gasteiger partial charge in [-0.05, 0) is 42.8 Å². The second-order valence-corrected chi connectivity index (χ2v) is 8.15. The molecule has 1 N–H and O–H groups in total. The number of methoxy groups -OCH3 is 1. The van der Waals surface area contributed by atoms with Crippen molar-refractivity contribution in [1.82, 2.24) is 10.2 Å². The predicted octanol–water partition coefficient (Wildman–Crippen LogP) is 4.33. The van der Waals surface area contributed by atoms with Crippen LogP contribution >= 0.6 is 0 Å². The molecule has 0 spiro atoms. The van der Waals surface area contributed by atoms with Gasteiger partial charge in [0.1, 0.15) is 5.75 Å². The molecule has 1 aliphatic rings. The molecule has 1 fully saturated rings. The molecule has 3 aromatic rings. The van der Waals surface area contributed by atoms with Crippen molar-refractivity contribution in [3.63, 3.8) is 0 Å². The van der Waals surface area contributed by atoms with E-state index >= 15 is 0 Å². The lowest BCUT2D eigenvalue weighted by atomic mass is 9.95. The fraction of sp³-hybridized carbons (Fsp3) is 0.308. The quantitative estimate of drug-likeness (QED) is 0.674. The zero-order valence-corrected chi connectivity index (χ0v) is 18.1. The molecule has 5 nitrogen and oxygen atoms in total. The van der Waals surface area contributed by atoms with E-state index in [0.29, 0.717) is 25.2 Å². The zero-order chi connectivity index (χ0) is 21.8. The van der Waals surface area contributed by atoms with Gasteiger partial charge in [0.05, 0.1) is 13.0 Å². The molecule has 0 aliphatic carbocycles. The summed E-state index contributed by atoms with van der Waals surface area (Å²) in [5.41, 5.74) is 2.92. The van der Waals surface area contributed by atoms with E-state index < -0.39 is 0 Å². The Hall–Kier alpha value is -3.34. The Kier molecular flexibility index (Phi) is 6.21. The van der Waals surface area contributed by atoms with Crippen molar-refractivity contribution in [3.05, 3.63) is 77.4 Å². The summed E-state index contributed by atoms with van der Waals surface area (Å²) in [6, 6.07) is 19.6. The Balaban J connectivity index is 1.46. The zero-order valence-electron chi connectivity index (χ0n) is 18.1. The molecule has 1 atom stereocenters. The normalized spacial score (nSPS) is 16.2. The number of carbonyl (C=O) groups is 2. The molecule has 160 valence electrons. The van der Waals surface area contributed by atoms with Crippen molar-refractivity contribution in [3.8, 4) is 5.75 Å². The average molecular weight is 417 g/mol. The van der Waals surface area contributed by atoms with Crippen molar-refractivity contribution in [1.29, 1.82) is 0 Å². The predicted molar refractivity (Wildman–Crippen MR) is 122 cm³/mol. The van der Waals surface area contributed by atoms with E-state index in [-0.39, 0.29) is 17.7 Å². The van der Waals surface area contributed by atoms with Crippen LogP contribution in [0.15, 0.2) is 60.7 Å². The molecule has 0 aromatic heterocycles. The van der Waals surface area contributed by atoms with E-state index in [1.165, 1.54) is 5.56 Å². The number of benzene rings is 3. The van der Waals surface area contributed by atoms with Crippen molar-refractivity contribution in [2.45, 2.75) is 26.3 Å². The molecule has 2 amide bonds. The van der Waals surface area contributed by atoms with Crippen LogP contribution in [0.2, 0.25) is 0 Å². The number of rotatable bonds is 5. The molecule has 0 bridgehead atoms. The molecule has 0 saturated carbocycles. The van der Waals surface area contributed by atoms with Gasteiger partial charge in [0, 0.05) is 30.6 Å². The summed E-state index contributed by atoms with van der Waals surface area (Å²) in [6.45, 7) is 3.66. The van der Waals surface area contributed by atoms with Gasteiger partial charge in [-0.25, -0.2) is 0 Å². The molecule has 1 saturated heterocycles. The van der Waals surface area contributed by atoms with Gasteiger partial charge in [-0.15, -0.1) is 0 Å². The summed E-state index contributed by atoms with van der Waals surface area (Å²) in [4.78, 5) is 27.9. The number of amides is 2. The Bertz CT molecular complexity index is 1090. The van der Waals surface area contributed by atoms with E-state index in [4.69, 9.17) is 4.74 Å². The SMILES string of the molecule is COc1ccc(C(=O)N2CCCC(C(=O)NCc3ccc(C)cc3)C2)c2ccccc12. The lowest BCUT2D eigenvalue weighted by Crippen LogP contribution is -2.45. The molecular formula is C26H28N2O3. The minimum atomic E-state index is -0.187. The van der Waals surface area contributed by atoms with Crippen LogP contribution in [0.5, 0.6) is 5.75 Å². The van der Waals surface area contributed by atoms with Gasteiger partial charge < -0.3 is 15.0 Å². The summed E-state index contributed by atoms with van der Waals surface area (Å²) < 4.78 is 5.45. The van der Waals surface area contributed by atoms with E-state index in [1.807, 2.05) is 72.5 Å². The van der Waals surface area contributed by atoms with Crippen LogP contribution in [0, 0.1) is 12.8 Å². The Morgan fingerprint density at radius 3 is 2.52 bits per heavy atom. The lowest BCUT2D eigenvalue weighted by molar-refractivity contribution is -0.126. The van der Waals surface area contributed by atoms with Crippen molar-refractivity contribution in [2.75, 3.05) is 20.2 Å². The number of fused-ring (bicyclic) bond motifs is 1. The van der Waals surface area contributed by atoms with E-state index in [2.05, 4.69) is 5.32 Å². The number of hydrogen-bond acceptors (Lipinski definition) is 3. The van der Waals surface area contributed by atoms with Crippen LogP contribution in [0.3, 0.4) is 0 Å². The highest BCUT2D eigenvalue weighted by Crippen LogP contribution is 2.30. The molecule has 5 heteroatoms. The number of hydrogen-bond donors (Lipinski definition) is 1.